The molecule has 1 atom stereocenters. The third kappa shape index (κ3) is 4.53. The number of benzene rings is 1. The summed E-state index contributed by atoms with van der Waals surface area (Å²) in [6.07, 6.45) is 1.59. The van der Waals surface area contributed by atoms with E-state index in [1.54, 1.807) is 13.8 Å². The first-order valence-electron chi connectivity index (χ1n) is 7.40. The molecule has 0 spiro atoms. The molecule has 10 heteroatoms. The molecule has 3 N–H and O–H groups in total. The van der Waals surface area contributed by atoms with Crippen molar-refractivity contribution in [3.8, 4) is 0 Å². The van der Waals surface area contributed by atoms with Crippen LogP contribution in [0.5, 0.6) is 0 Å². The molecule has 1 aliphatic carbocycles. The van der Waals surface area contributed by atoms with Crippen LogP contribution in [0.2, 0.25) is 0 Å². The molecule has 0 aliphatic heterocycles. The molecule has 1 saturated carbocycles. The van der Waals surface area contributed by atoms with Gasteiger partial charge in [0.2, 0.25) is 20.0 Å². The SMILES string of the molecule is CC(C)C(NS(=O)(=O)c1ccc(S(=O)(=O)NC2CC2)cc1)C(=O)O. The molecule has 1 fully saturated rings. The fraction of sp³-hybridized carbons (Fsp3) is 0.500. The zero-order valence-corrected chi connectivity index (χ0v) is 14.9. The van der Waals surface area contributed by atoms with Crippen LogP contribution in [-0.2, 0) is 24.8 Å². The quantitative estimate of drug-likeness (QED) is 0.606. The van der Waals surface area contributed by atoms with Crippen molar-refractivity contribution < 1.29 is 26.7 Å². The summed E-state index contributed by atoms with van der Waals surface area (Å²) in [4.78, 5) is 10.9. The number of hydrogen-bond acceptors (Lipinski definition) is 5. The third-order valence-corrected chi connectivity index (χ3v) is 6.55. The van der Waals surface area contributed by atoms with E-state index in [1.165, 1.54) is 12.1 Å². The van der Waals surface area contributed by atoms with Gasteiger partial charge in [-0.3, -0.25) is 4.79 Å². The van der Waals surface area contributed by atoms with Gasteiger partial charge in [0.25, 0.3) is 0 Å². The van der Waals surface area contributed by atoms with Crippen molar-refractivity contribution in [2.24, 2.45) is 5.92 Å². The molecular formula is C14H20N2O6S2. The molecule has 0 bridgehead atoms. The predicted molar refractivity (Wildman–Crippen MR) is 86.4 cm³/mol. The Bertz CT molecular complexity index is 811. The fourth-order valence-corrected chi connectivity index (χ4v) is 4.64. The van der Waals surface area contributed by atoms with Crippen molar-refractivity contribution >= 4 is 26.0 Å². The number of hydrogen-bond donors (Lipinski definition) is 3. The summed E-state index contributed by atoms with van der Waals surface area (Å²) < 4.78 is 53.2. The maximum atomic E-state index is 12.3. The number of carboxylic acid groups (broad SMARTS) is 1. The van der Waals surface area contributed by atoms with Crippen molar-refractivity contribution in [2.45, 2.75) is 48.6 Å². The van der Waals surface area contributed by atoms with Crippen molar-refractivity contribution in [3.63, 3.8) is 0 Å². The van der Waals surface area contributed by atoms with Gasteiger partial charge in [-0.1, -0.05) is 13.8 Å². The second-order valence-corrected chi connectivity index (χ2v) is 9.48. The van der Waals surface area contributed by atoms with Crippen LogP contribution < -0.4 is 9.44 Å². The predicted octanol–water partition coefficient (Wildman–Crippen LogP) is 0.515. The minimum atomic E-state index is -4.07. The lowest BCUT2D eigenvalue weighted by Gasteiger charge is -2.18. The molecule has 0 saturated heterocycles. The van der Waals surface area contributed by atoms with E-state index in [0.29, 0.717) is 0 Å². The van der Waals surface area contributed by atoms with Crippen LogP contribution in [0.4, 0.5) is 0 Å². The number of carbonyl (C=O) groups is 1. The molecule has 1 aliphatic rings. The summed E-state index contributed by atoms with van der Waals surface area (Å²) in [7, 11) is -7.74. The summed E-state index contributed by atoms with van der Waals surface area (Å²) in [6, 6.07) is 3.33. The van der Waals surface area contributed by atoms with Crippen LogP contribution in [0.1, 0.15) is 26.7 Å². The second-order valence-electron chi connectivity index (χ2n) is 6.05. The zero-order valence-electron chi connectivity index (χ0n) is 13.3. The number of nitrogens with one attached hydrogen (secondary N) is 2. The molecule has 2 rings (SSSR count). The second kappa shape index (κ2) is 6.79. The van der Waals surface area contributed by atoms with Crippen molar-refractivity contribution in [2.75, 3.05) is 0 Å². The first-order valence-corrected chi connectivity index (χ1v) is 10.4. The summed E-state index contributed by atoms with van der Waals surface area (Å²) >= 11 is 0. The van der Waals surface area contributed by atoms with E-state index in [-0.39, 0.29) is 15.8 Å². The first kappa shape index (κ1) is 18.8. The van der Waals surface area contributed by atoms with Crippen LogP contribution in [0.25, 0.3) is 0 Å². The number of aliphatic carboxylic acids is 1. The smallest absolute Gasteiger partial charge is 0.322 e. The summed E-state index contributed by atoms with van der Waals surface area (Å²) in [5, 5.41) is 9.08. The van der Waals surface area contributed by atoms with E-state index in [4.69, 9.17) is 5.11 Å². The third-order valence-electron chi connectivity index (χ3n) is 3.56. The summed E-state index contributed by atoms with van der Waals surface area (Å²) in [5.74, 6) is -1.72. The van der Waals surface area contributed by atoms with Gasteiger partial charge in [0.15, 0.2) is 0 Å². The van der Waals surface area contributed by atoms with Gasteiger partial charge in [-0.15, -0.1) is 0 Å². The molecule has 1 aromatic carbocycles. The van der Waals surface area contributed by atoms with Gasteiger partial charge in [-0.2, -0.15) is 4.72 Å². The van der Waals surface area contributed by atoms with Gasteiger partial charge in [-0.25, -0.2) is 21.6 Å². The fourth-order valence-electron chi connectivity index (χ4n) is 1.99. The van der Waals surface area contributed by atoms with Crippen LogP contribution in [0, 0.1) is 5.92 Å². The Kier molecular flexibility index (Phi) is 5.33. The summed E-state index contributed by atoms with van der Waals surface area (Å²) in [5.41, 5.74) is 0. The van der Waals surface area contributed by atoms with Crippen molar-refractivity contribution in [1.82, 2.24) is 9.44 Å². The van der Waals surface area contributed by atoms with Crippen LogP contribution >= 0.6 is 0 Å². The highest BCUT2D eigenvalue weighted by Gasteiger charge is 2.30. The Morgan fingerprint density at radius 2 is 1.50 bits per heavy atom. The number of rotatable bonds is 8. The molecule has 8 nitrogen and oxygen atoms in total. The normalized spacial score (nSPS) is 17.0. The maximum absolute atomic E-state index is 12.3. The highest BCUT2D eigenvalue weighted by Crippen LogP contribution is 2.23. The van der Waals surface area contributed by atoms with Gasteiger partial charge in [0.05, 0.1) is 9.79 Å². The minimum Gasteiger partial charge on any atom is -0.480 e. The van der Waals surface area contributed by atoms with E-state index >= 15 is 0 Å². The molecular weight excluding hydrogens is 356 g/mol. The van der Waals surface area contributed by atoms with Gasteiger partial charge in [0, 0.05) is 6.04 Å². The molecule has 0 aromatic heterocycles. The lowest BCUT2D eigenvalue weighted by molar-refractivity contribution is -0.140. The Hall–Kier alpha value is -1.49. The molecule has 0 radical (unpaired) electrons. The highest BCUT2D eigenvalue weighted by atomic mass is 32.2. The van der Waals surface area contributed by atoms with E-state index in [1.807, 2.05) is 0 Å². The Morgan fingerprint density at radius 3 is 1.88 bits per heavy atom. The molecule has 1 aromatic rings. The van der Waals surface area contributed by atoms with Gasteiger partial charge in [-0.05, 0) is 43.0 Å². The number of carboxylic acids is 1. The lowest BCUT2D eigenvalue weighted by Crippen LogP contribution is -2.44. The van der Waals surface area contributed by atoms with Crippen LogP contribution in [0.3, 0.4) is 0 Å². The molecule has 0 amide bonds. The Labute approximate surface area is 141 Å². The number of sulfonamides is 2. The van der Waals surface area contributed by atoms with Crippen LogP contribution in [0.15, 0.2) is 34.1 Å². The average Bonchev–Trinajstić information content (AvgIpc) is 3.27. The van der Waals surface area contributed by atoms with Gasteiger partial charge >= 0.3 is 5.97 Å². The topological polar surface area (TPSA) is 130 Å². The van der Waals surface area contributed by atoms with Gasteiger partial charge < -0.3 is 5.11 Å². The molecule has 134 valence electrons. The van der Waals surface area contributed by atoms with Gasteiger partial charge in [0.1, 0.15) is 6.04 Å². The standard InChI is InChI=1S/C14H20N2O6S2/c1-9(2)13(14(17)18)16-24(21,22)12-7-5-11(6-8-12)23(19,20)15-10-3-4-10/h5-10,13,15-16H,3-4H2,1-2H3,(H,17,18). The zero-order chi connectivity index (χ0) is 18.1. The maximum Gasteiger partial charge on any atom is 0.322 e. The minimum absolute atomic E-state index is 0.0352. The molecule has 24 heavy (non-hydrogen) atoms. The highest BCUT2D eigenvalue weighted by molar-refractivity contribution is 7.90. The lowest BCUT2D eigenvalue weighted by atomic mass is 10.1. The van der Waals surface area contributed by atoms with Crippen LogP contribution in [-0.4, -0.2) is 40.0 Å². The van der Waals surface area contributed by atoms with E-state index < -0.39 is 38.0 Å². The monoisotopic (exact) mass is 376 g/mol. The van der Waals surface area contributed by atoms with E-state index in [0.717, 1.165) is 25.0 Å². The van der Waals surface area contributed by atoms with E-state index in [2.05, 4.69) is 9.44 Å². The summed E-state index contributed by atoms with van der Waals surface area (Å²) in [6.45, 7) is 3.17. The molecule has 1 unspecified atom stereocenters. The molecule has 0 heterocycles. The Balaban J connectivity index is 2.21. The Morgan fingerprint density at radius 1 is 1.04 bits per heavy atom. The largest absolute Gasteiger partial charge is 0.480 e. The van der Waals surface area contributed by atoms with Crippen molar-refractivity contribution in [1.29, 1.82) is 0 Å². The first-order chi connectivity index (χ1) is 11.0. The average molecular weight is 376 g/mol. The van der Waals surface area contributed by atoms with E-state index in [9.17, 15) is 21.6 Å². The van der Waals surface area contributed by atoms with Crippen molar-refractivity contribution in [3.05, 3.63) is 24.3 Å².